The topological polar surface area (TPSA) is 86.7 Å². The second kappa shape index (κ2) is 8.23. The van der Waals surface area contributed by atoms with Gasteiger partial charge in [0.1, 0.15) is 0 Å². The van der Waals surface area contributed by atoms with Gasteiger partial charge >= 0.3 is 0 Å². The Balaban J connectivity index is 2.84. The van der Waals surface area contributed by atoms with Crippen molar-refractivity contribution in [3.63, 3.8) is 0 Å². The third kappa shape index (κ3) is 8.45. The van der Waals surface area contributed by atoms with E-state index in [1.54, 1.807) is 0 Å². The molecule has 1 atom stereocenters. The molecule has 0 amide bonds. The van der Waals surface area contributed by atoms with Gasteiger partial charge in [0.05, 0.1) is 25.7 Å². The Labute approximate surface area is 139 Å². The predicted molar refractivity (Wildman–Crippen MR) is 89.5 cm³/mol. The molecule has 1 rings (SSSR count). The minimum atomic E-state index is -3.56. The van der Waals surface area contributed by atoms with Crippen LogP contribution in [0.25, 0.3) is 0 Å². The van der Waals surface area contributed by atoms with Gasteiger partial charge in [-0.3, -0.25) is 8.37 Å². The fourth-order valence-corrected chi connectivity index (χ4v) is 2.86. The van der Waals surface area contributed by atoms with E-state index in [-0.39, 0.29) is 19.1 Å². The van der Waals surface area contributed by atoms with Crippen LogP contribution < -0.4 is 0 Å². The van der Waals surface area contributed by atoms with Gasteiger partial charge in [0.15, 0.2) is 0 Å². The van der Waals surface area contributed by atoms with Crippen molar-refractivity contribution in [3.8, 4) is 0 Å². The molecular formula is C15H24O6S2. The molecule has 8 heteroatoms. The second-order valence-electron chi connectivity index (χ2n) is 5.82. The van der Waals surface area contributed by atoms with E-state index in [4.69, 9.17) is 8.37 Å². The maximum atomic E-state index is 11.2. The molecule has 0 heterocycles. The van der Waals surface area contributed by atoms with Crippen molar-refractivity contribution in [1.82, 2.24) is 0 Å². The van der Waals surface area contributed by atoms with Gasteiger partial charge in [-0.15, -0.1) is 0 Å². The average Bonchev–Trinajstić information content (AvgIpc) is 2.40. The summed E-state index contributed by atoms with van der Waals surface area (Å²) in [6, 6.07) is 7.77. The van der Waals surface area contributed by atoms with Crippen molar-refractivity contribution in [3.05, 3.63) is 35.4 Å². The largest absolute Gasteiger partial charge is 0.270 e. The molecule has 0 spiro atoms. The summed E-state index contributed by atoms with van der Waals surface area (Å²) < 4.78 is 54.1. The number of hydrogen-bond acceptors (Lipinski definition) is 6. The van der Waals surface area contributed by atoms with E-state index in [9.17, 15) is 16.8 Å². The zero-order chi connectivity index (χ0) is 17.7. The molecule has 1 aromatic carbocycles. The minimum absolute atomic E-state index is 0.0252. The van der Waals surface area contributed by atoms with E-state index in [1.807, 2.05) is 24.3 Å². The summed E-state index contributed by atoms with van der Waals surface area (Å²) in [6.07, 6.45) is 2.30. The molecule has 0 radical (unpaired) electrons. The van der Waals surface area contributed by atoms with Crippen molar-refractivity contribution in [2.45, 2.75) is 32.1 Å². The highest BCUT2D eigenvalue weighted by Gasteiger charge is 2.16. The zero-order valence-corrected chi connectivity index (χ0v) is 15.5. The molecule has 6 nitrogen and oxygen atoms in total. The highest BCUT2D eigenvalue weighted by molar-refractivity contribution is 7.86. The quantitative estimate of drug-likeness (QED) is 0.625. The summed E-state index contributed by atoms with van der Waals surface area (Å²) in [5.41, 5.74) is 2.05. The van der Waals surface area contributed by atoms with E-state index in [2.05, 4.69) is 13.8 Å². The van der Waals surface area contributed by atoms with Gasteiger partial charge in [-0.1, -0.05) is 38.1 Å². The van der Waals surface area contributed by atoms with Crippen LogP contribution in [0.1, 0.15) is 43.2 Å². The second-order valence-corrected chi connectivity index (χ2v) is 9.11. The van der Waals surface area contributed by atoms with Gasteiger partial charge in [0.2, 0.25) is 0 Å². The van der Waals surface area contributed by atoms with E-state index in [0.29, 0.717) is 12.3 Å². The fraction of sp³-hybridized carbons (Fsp3) is 0.600. The SMILES string of the molecule is CC(C)c1ccc(C(CCOS(C)(=O)=O)COS(C)(=O)=O)cc1. The summed E-state index contributed by atoms with van der Waals surface area (Å²) in [4.78, 5) is 0. The maximum Gasteiger partial charge on any atom is 0.264 e. The van der Waals surface area contributed by atoms with Crippen LogP contribution in [-0.4, -0.2) is 42.6 Å². The zero-order valence-electron chi connectivity index (χ0n) is 13.9. The van der Waals surface area contributed by atoms with Gasteiger partial charge in [0, 0.05) is 5.92 Å². The van der Waals surface area contributed by atoms with Gasteiger partial charge in [-0.05, 0) is 23.5 Å². The standard InChI is InChI=1S/C15H24O6S2/c1-12(2)13-5-7-14(8-6-13)15(11-21-23(4,18)19)9-10-20-22(3,16)17/h5-8,12,15H,9-11H2,1-4H3. The summed E-state index contributed by atoms with van der Waals surface area (Å²) in [6.45, 7) is 4.09. The lowest BCUT2D eigenvalue weighted by Crippen LogP contribution is -2.15. The van der Waals surface area contributed by atoms with E-state index in [0.717, 1.165) is 18.1 Å². The van der Waals surface area contributed by atoms with Crippen molar-refractivity contribution in [2.75, 3.05) is 25.7 Å². The highest BCUT2D eigenvalue weighted by Crippen LogP contribution is 2.24. The van der Waals surface area contributed by atoms with E-state index < -0.39 is 20.2 Å². The number of benzene rings is 1. The van der Waals surface area contributed by atoms with Crippen LogP contribution >= 0.6 is 0 Å². The van der Waals surface area contributed by atoms with Crippen LogP contribution in [0.2, 0.25) is 0 Å². The van der Waals surface area contributed by atoms with Gasteiger partial charge in [-0.2, -0.15) is 16.8 Å². The van der Waals surface area contributed by atoms with Gasteiger partial charge in [-0.25, -0.2) is 0 Å². The molecule has 1 unspecified atom stereocenters. The third-order valence-corrected chi connectivity index (χ3v) is 4.48. The van der Waals surface area contributed by atoms with Crippen molar-refractivity contribution in [2.24, 2.45) is 0 Å². The average molecular weight is 364 g/mol. The molecule has 0 aliphatic rings. The summed E-state index contributed by atoms with van der Waals surface area (Å²) in [5, 5.41) is 0. The van der Waals surface area contributed by atoms with Crippen LogP contribution in [0.5, 0.6) is 0 Å². The Morgan fingerprint density at radius 1 is 0.870 bits per heavy atom. The summed E-state index contributed by atoms with van der Waals surface area (Å²) >= 11 is 0. The van der Waals surface area contributed by atoms with Crippen molar-refractivity contribution >= 4 is 20.2 Å². The molecule has 0 aliphatic heterocycles. The highest BCUT2D eigenvalue weighted by atomic mass is 32.2. The fourth-order valence-electron chi connectivity index (χ4n) is 2.05. The lowest BCUT2D eigenvalue weighted by atomic mass is 9.94. The maximum absolute atomic E-state index is 11.2. The van der Waals surface area contributed by atoms with Crippen molar-refractivity contribution < 1.29 is 25.2 Å². The third-order valence-electron chi connectivity index (χ3n) is 3.32. The van der Waals surface area contributed by atoms with E-state index >= 15 is 0 Å². The summed E-state index contributed by atoms with van der Waals surface area (Å²) in [5.74, 6) is 0.121. The molecule has 1 aromatic rings. The molecule has 0 N–H and O–H groups in total. The lowest BCUT2D eigenvalue weighted by Gasteiger charge is -2.17. The van der Waals surface area contributed by atoms with Gasteiger partial charge < -0.3 is 0 Å². The molecular weight excluding hydrogens is 340 g/mol. The first-order valence-corrected chi connectivity index (χ1v) is 10.9. The first kappa shape index (κ1) is 20.1. The molecule has 0 fully saturated rings. The monoisotopic (exact) mass is 364 g/mol. The van der Waals surface area contributed by atoms with E-state index in [1.165, 1.54) is 5.56 Å². The molecule has 0 saturated carbocycles. The normalized spacial score (nSPS) is 14.1. The van der Waals surface area contributed by atoms with Crippen LogP contribution in [-0.2, 0) is 28.6 Å². The Hall–Kier alpha value is -0.960. The molecule has 132 valence electrons. The molecule has 0 aliphatic carbocycles. The Morgan fingerprint density at radius 3 is 1.78 bits per heavy atom. The van der Waals surface area contributed by atoms with Gasteiger partial charge in [0.25, 0.3) is 20.2 Å². The molecule has 0 bridgehead atoms. The first-order chi connectivity index (χ1) is 10.5. The minimum Gasteiger partial charge on any atom is -0.270 e. The number of rotatable bonds is 9. The van der Waals surface area contributed by atoms with Crippen molar-refractivity contribution in [1.29, 1.82) is 0 Å². The first-order valence-electron chi connectivity index (χ1n) is 7.26. The van der Waals surface area contributed by atoms with Crippen LogP contribution in [0.3, 0.4) is 0 Å². The molecule has 0 saturated heterocycles. The number of hydrogen-bond donors (Lipinski definition) is 0. The smallest absolute Gasteiger partial charge is 0.264 e. The summed E-state index contributed by atoms with van der Waals surface area (Å²) in [7, 11) is -7.08. The Kier molecular flexibility index (Phi) is 7.19. The van der Waals surface area contributed by atoms with Crippen LogP contribution in [0.4, 0.5) is 0 Å². The lowest BCUT2D eigenvalue weighted by molar-refractivity contribution is 0.251. The Bertz CT molecular complexity index is 690. The molecule has 0 aromatic heterocycles. The predicted octanol–water partition coefficient (Wildman–Crippen LogP) is 2.24. The van der Waals surface area contributed by atoms with Crippen LogP contribution in [0.15, 0.2) is 24.3 Å². The molecule has 23 heavy (non-hydrogen) atoms. The Morgan fingerprint density at radius 2 is 1.35 bits per heavy atom. The van der Waals surface area contributed by atoms with Crippen LogP contribution in [0, 0.1) is 0 Å².